The van der Waals surface area contributed by atoms with Crippen molar-refractivity contribution >= 4 is 17.4 Å². The summed E-state index contributed by atoms with van der Waals surface area (Å²) in [5.74, 6) is -0.0719. The van der Waals surface area contributed by atoms with E-state index in [2.05, 4.69) is 10.3 Å². The molecule has 120 valence electrons. The zero-order valence-electron chi connectivity index (χ0n) is 12.7. The maximum absolute atomic E-state index is 13.4. The van der Waals surface area contributed by atoms with Crippen molar-refractivity contribution < 1.29 is 9.18 Å². The number of nitrogens with one attached hydrogen (secondary N) is 1. The van der Waals surface area contributed by atoms with Gasteiger partial charge in [-0.3, -0.25) is 9.78 Å². The molecule has 0 bridgehead atoms. The number of ketones is 1. The van der Waals surface area contributed by atoms with E-state index in [-0.39, 0.29) is 23.9 Å². The summed E-state index contributed by atoms with van der Waals surface area (Å²) in [6.07, 6.45) is 3.77. The molecule has 1 aliphatic rings. The molecule has 0 aliphatic carbocycles. The SMILES string of the molecule is O=C(Cc1cc(-c2cccc(F)c2)c(Cl)cn1)[C@@H]1CCCNC1. The first-order valence-corrected chi connectivity index (χ1v) is 8.15. The van der Waals surface area contributed by atoms with Crippen LogP contribution in [0.25, 0.3) is 11.1 Å². The summed E-state index contributed by atoms with van der Waals surface area (Å²) in [6.45, 7) is 1.72. The fraction of sp³-hybridized carbons (Fsp3) is 0.333. The van der Waals surface area contributed by atoms with Gasteiger partial charge in [0.15, 0.2) is 0 Å². The summed E-state index contributed by atoms with van der Waals surface area (Å²) in [7, 11) is 0. The van der Waals surface area contributed by atoms with Gasteiger partial charge in [-0.2, -0.15) is 0 Å². The monoisotopic (exact) mass is 332 g/mol. The minimum absolute atomic E-state index is 0.0545. The van der Waals surface area contributed by atoms with E-state index in [1.807, 2.05) is 0 Å². The molecule has 23 heavy (non-hydrogen) atoms. The van der Waals surface area contributed by atoms with Crippen LogP contribution in [0.5, 0.6) is 0 Å². The average Bonchev–Trinajstić information content (AvgIpc) is 2.57. The zero-order valence-corrected chi connectivity index (χ0v) is 13.4. The molecular formula is C18H18ClFN2O. The molecule has 1 atom stereocenters. The number of carbonyl (C=O) groups excluding carboxylic acids is 1. The third-order valence-electron chi connectivity index (χ3n) is 4.16. The van der Waals surface area contributed by atoms with E-state index in [9.17, 15) is 9.18 Å². The number of carbonyl (C=O) groups is 1. The Morgan fingerprint density at radius 1 is 1.39 bits per heavy atom. The summed E-state index contributed by atoms with van der Waals surface area (Å²) in [5.41, 5.74) is 2.06. The topological polar surface area (TPSA) is 42.0 Å². The number of hydrogen-bond acceptors (Lipinski definition) is 3. The lowest BCUT2D eigenvalue weighted by Gasteiger charge is -2.21. The number of rotatable bonds is 4. The van der Waals surface area contributed by atoms with Gasteiger partial charge in [0.1, 0.15) is 11.6 Å². The molecule has 0 amide bonds. The lowest BCUT2D eigenvalue weighted by atomic mass is 9.92. The van der Waals surface area contributed by atoms with Crippen LogP contribution >= 0.6 is 11.6 Å². The Kier molecular flexibility index (Phi) is 5.03. The van der Waals surface area contributed by atoms with E-state index in [0.29, 0.717) is 21.8 Å². The van der Waals surface area contributed by atoms with E-state index < -0.39 is 0 Å². The van der Waals surface area contributed by atoms with Gasteiger partial charge in [-0.15, -0.1) is 0 Å². The normalized spacial score (nSPS) is 17.9. The molecule has 1 aromatic carbocycles. The van der Waals surface area contributed by atoms with Crippen LogP contribution in [0.1, 0.15) is 18.5 Å². The highest BCUT2D eigenvalue weighted by Gasteiger charge is 2.21. The third-order valence-corrected chi connectivity index (χ3v) is 4.46. The number of benzene rings is 1. The van der Waals surface area contributed by atoms with E-state index in [1.54, 1.807) is 18.2 Å². The molecule has 3 nitrogen and oxygen atoms in total. The van der Waals surface area contributed by atoms with E-state index in [1.165, 1.54) is 18.3 Å². The molecule has 5 heteroatoms. The second kappa shape index (κ2) is 7.20. The Morgan fingerprint density at radius 3 is 3.00 bits per heavy atom. The number of Topliss-reactive ketones (excluding diaryl/α,β-unsaturated/α-hetero) is 1. The van der Waals surface area contributed by atoms with Crippen LogP contribution in [-0.2, 0) is 11.2 Å². The molecule has 1 N–H and O–H groups in total. The van der Waals surface area contributed by atoms with Crippen molar-refractivity contribution in [3.05, 3.63) is 53.1 Å². The lowest BCUT2D eigenvalue weighted by Crippen LogP contribution is -2.35. The maximum Gasteiger partial charge on any atom is 0.143 e. The second-order valence-corrected chi connectivity index (χ2v) is 6.26. The Balaban J connectivity index is 1.81. The molecule has 1 aromatic heterocycles. The highest BCUT2D eigenvalue weighted by Crippen LogP contribution is 2.28. The molecule has 1 fully saturated rings. The molecular weight excluding hydrogens is 315 g/mol. The van der Waals surface area contributed by atoms with Gasteiger partial charge in [0.25, 0.3) is 0 Å². The number of nitrogens with zero attached hydrogens (tertiary/aromatic N) is 1. The predicted octanol–water partition coefficient (Wildman–Crippen LogP) is 3.65. The smallest absolute Gasteiger partial charge is 0.143 e. The number of halogens is 2. The van der Waals surface area contributed by atoms with Gasteiger partial charge in [-0.05, 0) is 43.1 Å². The Labute approximate surface area is 139 Å². The van der Waals surface area contributed by atoms with Crippen LogP contribution in [0.2, 0.25) is 5.02 Å². The van der Waals surface area contributed by atoms with Gasteiger partial charge < -0.3 is 5.32 Å². The largest absolute Gasteiger partial charge is 0.316 e. The van der Waals surface area contributed by atoms with Crippen molar-refractivity contribution in [1.82, 2.24) is 10.3 Å². The highest BCUT2D eigenvalue weighted by atomic mass is 35.5. The van der Waals surface area contributed by atoms with Crippen molar-refractivity contribution in [3.63, 3.8) is 0 Å². The van der Waals surface area contributed by atoms with Crippen molar-refractivity contribution in [2.24, 2.45) is 5.92 Å². The first-order valence-electron chi connectivity index (χ1n) is 7.77. The number of piperidine rings is 1. The summed E-state index contributed by atoms with van der Waals surface area (Å²) in [4.78, 5) is 16.6. The van der Waals surface area contributed by atoms with E-state index in [0.717, 1.165) is 25.9 Å². The number of hydrogen-bond donors (Lipinski definition) is 1. The molecule has 2 aromatic rings. The molecule has 0 radical (unpaired) electrons. The lowest BCUT2D eigenvalue weighted by molar-refractivity contribution is -0.122. The van der Waals surface area contributed by atoms with Crippen LogP contribution in [-0.4, -0.2) is 23.9 Å². The van der Waals surface area contributed by atoms with Gasteiger partial charge in [0.2, 0.25) is 0 Å². The van der Waals surface area contributed by atoms with E-state index >= 15 is 0 Å². The second-order valence-electron chi connectivity index (χ2n) is 5.85. The predicted molar refractivity (Wildman–Crippen MR) is 88.9 cm³/mol. The van der Waals surface area contributed by atoms with Crippen molar-refractivity contribution in [2.45, 2.75) is 19.3 Å². The van der Waals surface area contributed by atoms with Crippen LogP contribution in [0.15, 0.2) is 36.5 Å². The van der Waals surface area contributed by atoms with Gasteiger partial charge in [0, 0.05) is 36.3 Å². The van der Waals surface area contributed by atoms with Crippen LogP contribution in [0, 0.1) is 11.7 Å². The molecule has 0 unspecified atom stereocenters. The maximum atomic E-state index is 13.4. The van der Waals surface area contributed by atoms with Crippen LogP contribution < -0.4 is 5.32 Å². The van der Waals surface area contributed by atoms with Gasteiger partial charge in [-0.1, -0.05) is 23.7 Å². The third kappa shape index (κ3) is 3.95. The van der Waals surface area contributed by atoms with Crippen molar-refractivity contribution in [1.29, 1.82) is 0 Å². The summed E-state index contributed by atoms with van der Waals surface area (Å²) in [6, 6.07) is 8.03. The quantitative estimate of drug-likeness (QED) is 0.929. The minimum atomic E-state index is -0.318. The van der Waals surface area contributed by atoms with Crippen LogP contribution in [0.3, 0.4) is 0 Å². The van der Waals surface area contributed by atoms with Gasteiger partial charge in [0.05, 0.1) is 5.02 Å². The molecule has 1 aliphatic heterocycles. The minimum Gasteiger partial charge on any atom is -0.316 e. The number of pyridine rings is 1. The van der Waals surface area contributed by atoms with Crippen LogP contribution in [0.4, 0.5) is 4.39 Å². The fourth-order valence-electron chi connectivity index (χ4n) is 2.91. The van der Waals surface area contributed by atoms with Gasteiger partial charge >= 0.3 is 0 Å². The standard InChI is InChI=1S/C18H18ClFN2O/c19-17-11-22-15(9-18(23)13-4-2-6-21-10-13)8-16(17)12-3-1-5-14(20)7-12/h1,3,5,7-8,11,13,21H,2,4,6,9-10H2/t13-/m1/s1. The zero-order chi connectivity index (χ0) is 16.2. The molecule has 3 rings (SSSR count). The Bertz CT molecular complexity index is 714. The number of aromatic nitrogens is 1. The van der Waals surface area contributed by atoms with Crippen molar-refractivity contribution in [3.8, 4) is 11.1 Å². The fourth-order valence-corrected chi connectivity index (χ4v) is 3.12. The van der Waals surface area contributed by atoms with E-state index in [4.69, 9.17) is 11.6 Å². The Hall–Kier alpha value is -1.78. The van der Waals surface area contributed by atoms with Crippen molar-refractivity contribution in [2.75, 3.05) is 13.1 Å². The Morgan fingerprint density at radius 2 is 2.26 bits per heavy atom. The molecule has 1 saturated heterocycles. The summed E-state index contributed by atoms with van der Waals surface area (Å²) in [5, 5.41) is 3.70. The average molecular weight is 333 g/mol. The molecule has 0 saturated carbocycles. The van der Waals surface area contributed by atoms with Gasteiger partial charge in [-0.25, -0.2) is 4.39 Å². The highest BCUT2D eigenvalue weighted by molar-refractivity contribution is 6.33. The summed E-state index contributed by atoms with van der Waals surface area (Å²) < 4.78 is 13.4. The molecule has 0 spiro atoms. The first-order chi connectivity index (χ1) is 11.1. The first kappa shape index (κ1) is 16.1. The summed E-state index contributed by atoms with van der Waals surface area (Å²) >= 11 is 6.19. The molecule has 2 heterocycles.